The van der Waals surface area contributed by atoms with E-state index in [9.17, 15) is 13.6 Å². The second-order valence-corrected chi connectivity index (χ2v) is 8.20. The molecule has 0 spiro atoms. The fourth-order valence-corrected chi connectivity index (χ4v) is 4.46. The molecule has 3 aromatic carbocycles. The van der Waals surface area contributed by atoms with Crippen LogP contribution in [-0.4, -0.2) is 34.8 Å². The number of carbonyl (C=O) groups excluding carboxylic acids is 1. The molecular weight excluding hydrogens is 394 g/mol. The van der Waals surface area contributed by atoms with Crippen molar-refractivity contribution < 1.29 is 13.6 Å². The van der Waals surface area contributed by atoms with Gasteiger partial charge in [0.25, 0.3) is 11.8 Å². The number of fused-ring (bicyclic) bond motifs is 2. The minimum atomic E-state index is -2.66. The van der Waals surface area contributed by atoms with Crippen molar-refractivity contribution in [1.29, 1.82) is 0 Å². The van der Waals surface area contributed by atoms with E-state index in [1.165, 1.54) is 4.90 Å². The first-order valence-electron chi connectivity index (χ1n) is 10.5. The average Bonchev–Trinajstić information content (AvgIpc) is 2.78. The van der Waals surface area contributed by atoms with Crippen LogP contribution in [-0.2, 0) is 0 Å². The van der Waals surface area contributed by atoms with Crippen molar-refractivity contribution in [3.05, 3.63) is 78.0 Å². The number of hydrogen-bond donors (Lipinski definition) is 0. The van der Waals surface area contributed by atoms with Crippen LogP contribution in [0.5, 0.6) is 0 Å². The highest BCUT2D eigenvalue weighted by atomic mass is 19.3. The standard InChI is InChI=1S/C26H22F2N2O/c1-17-20(9-10-24-21(17)6-3-13-29-24)23-5-2-4-18-16-19(7-8-22(18)23)25(31)30-14-11-26(27,28)12-15-30/h2-10,13,16H,11-12,14-15H2,1H3. The number of amides is 1. The van der Waals surface area contributed by atoms with E-state index < -0.39 is 5.92 Å². The zero-order valence-corrected chi connectivity index (χ0v) is 17.2. The van der Waals surface area contributed by atoms with Gasteiger partial charge >= 0.3 is 0 Å². The van der Waals surface area contributed by atoms with Crippen LogP contribution in [0.2, 0.25) is 0 Å². The Hall–Kier alpha value is -3.34. The normalized spacial score (nSPS) is 16.0. The summed E-state index contributed by atoms with van der Waals surface area (Å²) >= 11 is 0. The molecule has 156 valence electrons. The minimum absolute atomic E-state index is 0.0915. The number of pyridine rings is 1. The number of aromatic nitrogens is 1. The highest BCUT2D eigenvalue weighted by Crippen LogP contribution is 2.35. The Balaban J connectivity index is 1.53. The largest absolute Gasteiger partial charge is 0.338 e. The van der Waals surface area contributed by atoms with Gasteiger partial charge in [0.05, 0.1) is 5.52 Å². The number of alkyl halides is 2. The van der Waals surface area contributed by atoms with Crippen molar-refractivity contribution in [2.75, 3.05) is 13.1 Å². The van der Waals surface area contributed by atoms with E-state index in [1.54, 1.807) is 12.3 Å². The van der Waals surface area contributed by atoms with E-state index in [0.29, 0.717) is 5.56 Å². The van der Waals surface area contributed by atoms with Gasteiger partial charge in [-0.05, 0) is 58.7 Å². The number of carbonyl (C=O) groups is 1. The van der Waals surface area contributed by atoms with Crippen LogP contribution >= 0.6 is 0 Å². The second kappa shape index (κ2) is 7.41. The van der Waals surface area contributed by atoms with Crippen LogP contribution in [0.3, 0.4) is 0 Å². The summed E-state index contributed by atoms with van der Waals surface area (Å²) in [6.45, 7) is 2.28. The fraction of sp³-hybridized carbons (Fsp3) is 0.231. The van der Waals surface area contributed by atoms with Gasteiger partial charge in [-0.2, -0.15) is 0 Å². The smallest absolute Gasteiger partial charge is 0.253 e. The summed E-state index contributed by atoms with van der Waals surface area (Å²) in [7, 11) is 0. The first-order valence-corrected chi connectivity index (χ1v) is 10.5. The van der Waals surface area contributed by atoms with Gasteiger partial charge in [-0.1, -0.05) is 36.4 Å². The highest BCUT2D eigenvalue weighted by molar-refractivity contribution is 6.04. The van der Waals surface area contributed by atoms with Crippen molar-refractivity contribution in [2.45, 2.75) is 25.7 Å². The lowest BCUT2D eigenvalue weighted by molar-refractivity contribution is -0.0494. The number of benzene rings is 3. The van der Waals surface area contributed by atoms with Crippen molar-refractivity contribution in [3.63, 3.8) is 0 Å². The van der Waals surface area contributed by atoms with Gasteiger partial charge in [-0.3, -0.25) is 9.78 Å². The predicted octanol–water partition coefficient (Wildman–Crippen LogP) is 6.23. The maximum absolute atomic E-state index is 13.4. The molecule has 31 heavy (non-hydrogen) atoms. The minimum Gasteiger partial charge on any atom is -0.338 e. The van der Waals surface area contributed by atoms with E-state index in [2.05, 4.69) is 30.1 Å². The first-order chi connectivity index (χ1) is 14.9. The van der Waals surface area contributed by atoms with E-state index in [1.807, 2.05) is 36.4 Å². The molecule has 4 aromatic rings. The molecule has 1 aliphatic rings. The molecule has 5 heteroatoms. The maximum Gasteiger partial charge on any atom is 0.253 e. The van der Waals surface area contributed by atoms with E-state index >= 15 is 0 Å². The average molecular weight is 416 g/mol. The molecule has 1 aromatic heterocycles. The molecule has 3 nitrogen and oxygen atoms in total. The Morgan fingerprint density at radius 2 is 1.74 bits per heavy atom. The van der Waals surface area contributed by atoms with Crippen LogP contribution in [0.25, 0.3) is 32.8 Å². The number of piperidine rings is 1. The molecule has 0 bridgehead atoms. The Morgan fingerprint density at radius 1 is 0.935 bits per heavy atom. The monoisotopic (exact) mass is 416 g/mol. The summed E-state index contributed by atoms with van der Waals surface area (Å²) < 4.78 is 26.9. The SMILES string of the molecule is Cc1c(-c2cccc3cc(C(=O)N4CCC(F)(F)CC4)ccc23)ccc2ncccc12. The number of likely N-dealkylation sites (tertiary alicyclic amines) is 1. The van der Waals surface area contributed by atoms with Crippen molar-refractivity contribution in [2.24, 2.45) is 0 Å². The lowest BCUT2D eigenvalue weighted by atomic mass is 9.92. The molecule has 0 aliphatic carbocycles. The Bertz CT molecular complexity index is 1310. The number of hydrogen-bond acceptors (Lipinski definition) is 2. The van der Waals surface area contributed by atoms with Gasteiger partial charge in [0.1, 0.15) is 0 Å². The van der Waals surface area contributed by atoms with E-state index in [4.69, 9.17) is 0 Å². The molecular formula is C26H22F2N2O. The topological polar surface area (TPSA) is 33.2 Å². The van der Waals surface area contributed by atoms with Crippen molar-refractivity contribution >= 4 is 27.6 Å². The van der Waals surface area contributed by atoms with Gasteiger partial charge in [-0.25, -0.2) is 8.78 Å². The molecule has 0 radical (unpaired) electrons. The third-order valence-corrected chi connectivity index (χ3v) is 6.25. The number of nitrogens with zero attached hydrogens (tertiary/aromatic N) is 2. The number of rotatable bonds is 2. The van der Waals surface area contributed by atoms with Gasteiger partial charge in [-0.15, -0.1) is 0 Å². The van der Waals surface area contributed by atoms with Crippen molar-refractivity contribution in [1.82, 2.24) is 9.88 Å². The van der Waals surface area contributed by atoms with E-state index in [0.717, 1.165) is 38.4 Å². The van der Waals surface area contributed by atoms with Crippen molar-refractivity contribution in [3.8, 4) is 11.1 Å². The van der Waals surface area contributed by atoms with Crippen LogP contribution in [0.1, 0.15) is 28.8 Å². The predicted molar refractivity (Wildman–Crippen MR) is 120 cm³/mol. The fourth-order valence-electron chi connectivity index (χ4n) is 4.46. The molecule has 1 saturated heterocycles. The summed E-state index contributed by atoms with van der Waals surface area (Å²) in [5.74, 6) is -2.85. The number of aryl methyl sites for hydroxylation is 1. The summed E-state index contributed by atoms with van der Waals surface area (Å²) in [5.41, 5.74) is 4.88. The zero-order valence-electron chi connectivity index (χ0n) is 17.2. The third kappa shape index (κ3) is 3.54. The first kappa shape index (κ1) is 19.6. The van der Waals surface area contributed by atoms with Crippen LogP contribution in [0.15, 0.2) is 66.9 Å². The lowest BCUT2D eigenvalue weighted by Gasteiger charge is -2.31. The lowest BCUT2D eigenvalue weighted by Crippen LogP contribution is -2.42. The highest BCUT2D eigenvalue weighted by Gasteiger charge is 2.35. The molecule has 5 rings (SSSR count). The Morgan fingerprint density at radius 3 is 2.55 bits per heavy atom. The van der Waals surface area contributed by atoms with E-state index in [-0.39, 0.29) is 31.8 Å². The van der Waals surface area contributed by atoms with Gasteiger partial charge in [0, 0.05) is 43.1 Å². The molecule has 0 unspecified atom stereocenters. The van der Waals surface area contributed by atoms with Gasteiger partial charge in [0.15, 0.2) is 0 Å². The number of halogens is 2. The molecule has 1 aliphatic heterocycles. The molecule has 0 saturated carbocycles. The summed E-state index contributed by atoms with van der Waals surface area (Å²) in [6, 6.07) is 19.8. The molecule has 0 N–H and O–H groups in total. The molecule has 0 atom stereocenters. The molecule has 1 fully saturated rings. The second-order valence-electron chi connectivity index (χ2n) is 8.20. The Kier molecular flexibility index (Phi) is 4.69. The molecule has 2 heterocycles. The Labute approximate surface area is 179 Å². The summed E-state index contributed by atoms with van der Waals surface area (Å²) in [4.78, 5) is 18.8. The zero-order chi connectivity index (χ0) is 21.6. The van der Waals surface area contributed by atoms with Crippen LogP contribution in [0, 0.1) is 6.92 Å². The van der Waals surface area contributed by atoms with Crippen LogP contribution < -0.4 is 0 Å². The quantitative estimate of drug-likeness (QED) is 0.388. The summed E-state index contributed by atoms with van der Waals surface area (Å²) in [5, 5.41) is 3.12. The molecule has 1 amide bonds. The van der Waals surface area contributed by atoms with Crippen LogP contribution in [0.4, 0.5) is 8.78 Å². The maximum atomic E-state index is 13.4. The third-order valence-electron chi connectivity index (χ3n) is 6.25. The van der Waals surface area contributed by atoms with Gasteiger partial charge < -0.3 is 4.90 Å². The summed E-state index contributed by atoms with van der Waals surface area (Å²) in [6.07, 6.45) is 1.25. The van der Waals surface area contributed by atoms with Gasteiger partial charge in [0.2, 0.25) is 0 Å².